The van der Waals surface area contributed by atoms with Crippen molar-refractivity contribution in [3.8, 4) is 11.3 Å². The molecule has 1 aromatic carbocycles. The van der Waals surface area contributed by atoms with Gasteiger partial charge in [-0.1, -0.05) is 6.07 Å². The molecule has 0 spiro atoms. The molecule has 0 atom stereocenters. The van der Waals surface area contributed by atoms with Crippen molar-refractivity contribution in [2.75, 3.05) is 10.6 Å². The molecule has 2 N–H and O–H groups in total. The summed E-state index contributed by atoms with van der Waals surface area (Å²) in [5.41, 5.74) is 3.64. The first kappa shape index (κ1) is 19.7. The molecule has 3 aromatic heterocycles. The number of anilines is 3. The number of benzene rings is 1. The highest BCUT2D eigenvalue weighted by molar-refractivity contribution is 6.02. The normalized spacial score (nSPS) is 10.5. The fraction of sp³-hybridized carbons (Fsp3) is 0.0476. The quantitative estimate of drug-likeness (QED) is 0.350. The van der Waals surface area contributed by atoms with Crippen LogP contribution >= 0.6 is 0 Å². The first-order chi connectivity index (χ1) is 15.0. The number of aryl methyl sites for hydroxylation is 1. The van der Waals surface area contributed by atoms with Crippen molar-refractivity contribution >= 4 is 29.1 Å². The number of rotatable bonds is 6. The average Bonchev–Trinajstić information content (AvgIpc) is 3.28. The Morgan fingerprint density at radius 3 is 2.74 bits per heavy atom. The van der Waals surface area contributed by atoms with Crippen molar-refractivity contribution < 1.29 is 14.1 Å². The Hall–Kier alpha value is -4.60. The molecule has 0 saturated heterocycles. The number of nitrogens with zero attached hydrogens (tertiary/aromatic N) is 4. The number of hydrogen-bond acceptors (Lipinski definition) is 8. The van der Waals surface area contributed by atoms with Crippen LogP contribution in [0.5, 0.6) is 0 Å². The maximum absolute atomic E-state index is 12.3. The lowest BCUT2D eigenvalue weighted by molar-refractivity contribution is -0.402. The van der Waals surface area contributed by atoms with Crippen LogP contribution in [0.15, 0.2) is 71.5 Å². The zero-order valence-electron chi connectivity index (χ0n) is 16.3. The number of aromatic nitrogens is 3. The van der Waals surface area contributed by atoms with E-state index in [1.807, 2.05) is 25.1 Å². The summed E-state index contributed by atoms with van der Waals surface area (Å²) in [4.78, 5) is 35.2. The lowest BCUT2D eigenvalue weighted by Gasteiger charge is -2.11. The molecule has 0 saturated carbocycles. The Morgan fingerprint density at radius 1 is 1.13 bits per heavy atom. The van der Waals surface area contributed by atoms with E-state index in [4.69, 9.17) is 4.42 Å². The molecule has 31 heavy (non-hydrogen) atoms. The van der Waals surface area contributed by atoms with Gasteiger partial charge in [-0.15, -0.1) is 0 Å². The third kappa shape index (κ3) is 4.53. The van der Waals surface area contributed by atoms with Crippen molar-refractivity contribution in [3.63, 3.8) is 0 Å². The number of furan rings is 1. The van der Waals surface area contributed by atoms with E-state index >= 15 is 0 Å². The van der Waals surface area contributed by atoms with E-state index < -0.39 is 16.7 Å². The Balaban J connectivity index is 1.53. The fourth-order valence-corrected chi connectivity index (χ4v) is 2.79. The number of nitro groups is 1. The first-order valence-electron chi connectivity index (χ1n) is 9.16. The molecule has 10 heteroatoms. The van der Waals surface area contributed by atoms with Gasteiger partial charge in [-0.2, -0.15) is 0 Å². The standard InChI is InChI=1S/C21H16N6O4/c1-13-4-5-15(24-20(28)18-6-7-19(31-18)27(29)30)11-17(13)26-21-23-10-8-16(25-21)14-3-2-9-22-12-14/h2-12H,1H3,(H,24,28)(H,23,25,26). The monoisotopic (exact) mass is 416 g/mol. The van der Waals surface area contributed by atoms with Gasteiger partial charge in [0.05, 0.1) is 11.8 Å². The van der Waals surface area contributed by atoms with E-state index in [9.17, 15) is 14.9 Å². The second kappa shape index (κ2) is 8.41. The van der Waals surface area contributed by atoms with Gasteiger partial charge in [-0.25, -0.2) is 9.97 Å². The minimum atomic E-state index is -0.704. The van der Waals surface area contributed by atoms with Crippen molar-refractivity contribution in [2.45, 2.75) is 6.92 Å². The number of hydrogen-bond donors (Lipinski definition) is 2. The van der Waals surface area contributed by atoms with Gasteiger partial charge < -0.3 is 15.1 Å². The Bertz CT molecular complexity index is 1260. The van der Waals surface area contributed by atoms with Crippen LogP contribution in [-0.2, 0) is 0 Å². The van der Waals surface area contributed by atoms with Crippen LogP contribution in [0.3, 0.4) is 0 Å². The molecule has 154 valence electrons. The third-order valence-electron chi connectivity index (χ3n) is 4.35. The smallest absolute Gasteiger partial charge is 0.395 e. The van der Waals surface area contributed by atoms with Crippen LogP contribution < -0.4 is 10.6 Å². The van der Waals surface area contributed by atoms with Gasteiger partial charge >= 0.3 is 5.88 Å². The van der Waals surface area contributed by atoms with Crippen molar-refractivity contribution in [1.29, 1.82) is 0 Å². The van der Waals surface area contributed by atoms with Crippen molar-refractivity contribution in [2.24, 2.45) is 0 Å². The molecule has 0 fully saturated rings. The number of carbonyl (C=O) groups is 1. The van der Waals surface area contributed by atoms with Gasteiger partial charge in [-0.05, 0) is 48.9 Å². The SMILES string of the molecule is Cc1ccc(NC(=O)c2ccc([N+](=O)[O-])o2)cc1Nc1nccc(-c2cccnc2)n1. The zero-order valence-corrected chi connectivity index (χ0v) is 16.3. The largest absolute Gasteiger partial charge is 0.433 e. The molecule has 0 unspecified atom stereocenters. The van der Waals surface area contributed by atoms with Crippen LogP contribution in [-0.4, -0.2) is 25.8 Å². The molecule has 0 radical (unpaired) electrons. The summed E-state index contributed by atoms with van der Waals surface area (Å²) < 4.78 is 4.93. The van der Waals surface area contributed by atoms with Crippen molar-refractivity contribution in [1.82, 2.24) is 15.0 Å². The molecule has 0 aliphatic heterocycles. The molecular weight excluding hydrogens is 400 g/mol. The molecule has 1 amide bonds. The molecule has 0 aliphatic rings. The molecule has 0 bridgehead atoms. The maximum Gasteiger partial charge on any atom is 0.433 e. The van der Waals surface area contributed by atoms with Crippen LogP contribution in [0.1, 0.15) is 16.1 Å². The number of amides is 1. The summed E-state index contributed by atoms with van der Waals surface area (Å²) in [7, 11) is 0. The minimum absolute atomic E-state index is 0.158. The summed E-state index contributed by atoms with van der Waals surface area (Å²) in [5, 5.41) is 16.5. The number of nitrogens with one attached hydrogen (secondary N) is 2. The highest BCUT2D eigenvalue weighted by Gasteiger charge is 2.17. The summed E-state index contributed by atoms with van der Waals surface area (Å²) in [6.07, 6.45) is 5.04. The fourth-order valence-electron chi connectivity index (χ4n) is 2.79. The summed E-state index contributed by atoms with van der Waals surface area (Å²) >= 11 is 0. The first-order valence-corrected chi connectivity index (χ1v) is 9.16. The van der Waals surface area contributed by atoms with Crippen LogP contribution in [0.25, 0.3) is 11.3 Å². The molecule has 3 heterocycles. The van der Waals surface area contributed by atoms with Crippen LogP contribution in [0.2, 0.25) is 0 Å². The summed E-state index contributed by atoms with van der Waals surface area (Å²) in [6.45, 7) is 1.90. The summed E-state index contributed by atoms with van der Waals surface area (Å²) in [6, 6.07) is 13.1. The van der Waals surface area contributed by atoms with Gasteiger partial charge in [-0.3, -0.25) is 19.9 Å². The molecule has 0 aliphatic carbocycles. The van der Waals surface area contributed by atoms with Gasteiger partial charge in [0.15, 0.2) is 5.76 Å². The van der Waals surface area contributed by atoms with E-state index in [0.29, 0.717) is 23.0 Å². The predicted octanol–water partition coefficient (Wildman–Crippen LogP) is 4.34. The van der Waals surface area contributed by atoms with Crippen molar-refractivity contribution in [3.05, 3.63) is 88.6 Å². The minimum Gasteiger partial charge on any atom is -0.395 e. The lowest BCUT2D eigenvalue weighted by atomic mass is 10.1. The third-order valence-corrected chi connectivity index (χ3v) is 4.35. The second-order valence-corrected chi connectivity index (χ2v) is 6.51. The summed E-state index contributed by atoms with van der Waals surface area (Å²) in [5.74, 6) is -0.872. The van der Waals surface area contributed by atoms with Gasteiger partial charge in [0.2, 0.25) is 5.95 Å². The topological polar surface area (TPSA) is 136 Å². The molecule has 10 nitrogen and oxygen atoms in total. The lowest BCUT2D eigenvalue weighted by Crippen LogP contribution is -2.11. The predicted molar refractivity (Wildman–Crippen MR) is 113 cm³/mol. The Morgan fingerprint density at radius 2 is 2.00 bits per heavy atom. The van der Waals surface area contributed by atoms with Gasteiger partial charge in [0, 0.05) is 35.5 Å². The van der Waals surface area contributed by atoms with Gasteiger partial charge in [0.1, 0.15) is 4.92 Å². The van der Waals surface area contributed by atoms with Crippen LogP contribution in [0, 0.1) is 17.0 Å². The molecule has 4 aromatic rings. The van der Waals surface area contributed by atoms with E-state index in [0.717, 1.165) is 17.2 Å². The van der Waals surface area contributed by atoms with E-state index in [1.165, 1.54) is 6.07 Å². The highest BCUT2D eigenvalue weighted by atomic mass is 16.6. The van der Waals surface area contributed by atoms with E-state index in [1.54, 1.807) is 36.8 Å². The average molecular weight is 416 g/mol. The zero-order chi connectivity index (χ0) is 21.8. The Kier molecular flexibility index (Phi) is 5.35. The number of pyridine rings is 1. The highest BCUT2D eigenvalue weighted by Crippen LogP contribution is 2.25. The molecular formula is C21H16N6O4. The van der Waals surface area contributed by atoms with E-state index in [-0.39, 0.29) is 5.76 Å². The Labute approximate surface area is 176 Å². The maximum atomic E-state index is 12.3. The molecule has 4 rings (SSSR count). The van der Waals surface area contributed by atoms with E-state index in [2.05, 4.69) is 25.6 Å². The van der Waals surface area contributed by atoms with Gasteiger partial charge in [0.25, 0.3) is 5.91 Å². The van der Waals surface area contributed by atoms with Crippen LogP contribution in [0.4, 0.5) is 23.2 Å². The second-order valence-electron chi connectivity index (χ2n) is 6.51. The number of carbonyl (C=O) groups excluding carboxylic acids is 1.